The third kappa shape index (κ3) is 3.57. The van der Waals surface area contributed by atoms with E-state index in [9.17, 15) is 13.2 Å². The second kappa shape index (κ2) is 6.64. The molecule has 0 aliphatic carbocycles. The van der Waals surface area contributed by atoms with Gasteiger partial charge < -0.3 is 9.84 Å². The summed E-state index contributed by atoms with van der Waals surface area (Å²) in [6.07, 6.45) is 0. The molecule has 1 heterocycles. The standard InChI is InChI=1S/C14H20N2O5S/c1-11-9-12(21-2)3-4-13(11)22(19,20)16-7-5-15(6-8-16)10-14(17)18/h3-4,9H,5-8,10H2,1-2H3,(H,17,18). The van der Waals surface area contributed by atoms with Crippen molar-refractivity contribution in [1.29, 1.82) is 0 Å². The molecule has 0 bridgehead atoms. The summed E-state index contributed by atoms with van der Waals surface area (Å²) in [5.74, 6) is -0.287. The van der Waals surface area contributed by atoms with E-state index in [4.69, 9.17) is 9.84 Å². The Labute approximate surface area is 130 Å². The van der Waals surface area contributed by atoms with Crippen LogP contribution in [-0.4, -0.2) is 68.5 Å². The fourth-order valence-corrected chi connectivity index (χ4v) is 4.12. The number of piperazine rings is 1. The fraction of sp³-hybridized carbons (Fsp3) is 0.500. The molecule has 0 spiro atoms. The molecule has 1 aromatic carbocycles. The zero-order valence-corrected chi connectivity index (χ0v) is 13.5. The van der Waals surface area contributed by atoms with Crippen LogP contribution < -0.4 is 4.74 Å². The van der Waals surface area contributed by atoms with E-state index in [-0.39, 0.29) is 11.4 Å². The minimum Gasteiger partial charge on any atom is -0.497 e. The molecule has 2 rings (SSSR count). The molecule has 0 unspecified atom stereocenters. The van der Waals surface area contributed by atoms with Gasteiger partial charge in [-0.05, 0) is 30.7 Å². The third-order valence-corrected chi connectivity index (χ3v) is 5.75. The Bertz CT molecular complexity index is 651. The molecule has 0 atom stereocenters. The molecule has 8 heteroatoms. The Balaban J connectivity index is 2.13. The number of hydrogen-bond donors (Lipinski definition) is 1. The number of nitrogens with zero attached hydrogens (tertiary/aromatic N) is 2. The maximum atomic E-state index is 12.7. The van der Waals surface area contributed by atoms with Crippen molar-refractivity contribution in [2.24, 2.45) is 0 Å². The monoisotopic (exact) mass is 328 g/mol. The van der Waals surface area contributed by atoms with Gasteiger partial charge in [0.2, 0.25) is 10.0 Å². The summed E-state index contributed by atoms with van der Waals surface area (Å²) in [5.41, 5.74) is 0.632. The first-order valence-electron chi connectivity index (χ1n) is 6.93. The number of methoxy groups -OCH3 is 1. The van der Waals surface area contributed by atoms with Crippen molar-refractivity contribution < 1.29 is 23.1 Å². The summed E-state index contributed by atoms with van der Waals surface area (Å²) >= 11 is 0. The predicted octanol–water partition coefficient (Wildman–Crippen LogP) is 0.395. The minimum absolute atomic E-state index is 0.0601. The summed E-state index contributed by atoms with van der Waals surface area (Å²) in [6.45, 7) is 3.09. The molecule has 1 saturated heterocycles. The number of benzene rings is 1. The van der Waals surface area contributed by atoms with E-state index in [2.05, 4.69) is 0 Å². The number of ether oxygens (including phenoxy) is 1. The molecule has 0 radical (unpaired) electrons. The van der Waals surface area contributed by atoms with E-state index in [1.54, 1.807) is 30.0 Å². The first-order valence-corrected chi connectivity index (χ1v) is 8.37. The number of aliphatic carboxylic acids is 1. The average Bonchev–Trinajstić information content (AvgIpc) is 2.46. The topological polar surface area (TPSA) is 87.2 Å². The Morgan fingerprint density at radius 3 is 2.41 bits per heavy atom. The van der Waals surface area contributed by atoms with E-state index in [0.29, 0.717) is 37.5 Å². The number of sulfonamides is 1. The van der Waals surface area contributed by atoms with Crippen molar-refractivity contribution in [3.05, 3.63) is 23.8 Å². The quantitative estimate of drug-likeness (QED) is 0.841. The van der Waals surface area contributed by atoms with Crippen LogP contribution in [0.3, 0.4) is 0 Å². The van der Waals surface area contributed by atoms with Crippen molar-refractivity contribution in [1.82, 2.24) is 9.21 Å². The number of carbonyl (C=O) groups is 1. The van der Waals surface area contributed by atoms with Crippen LogP contribution in [0.25, 0.3) is 0 Å². The van der Waals surface area contributed by atoms with Crippen molar-refractivity contribution >= 4 is 16.0 Å². The molecular formula is C14H20N2O5S. The highest BCUT2D eigenvalue weighted by atomic mass is 32.2. The Morgan fingerprint density at radius 1 is 1.27 bits per heavy atom. The highest BCUT2D eigenvalue weighted by Crippen LogP contribution is 2.24. The van der Waals surface area contributed by atoms with Gasteiger partial charge in [-0.15, -0.1) is 0 Å². The molecule has 1 aliphatic rings. The molecule has 7 nitrogen and oxygen atoms in total. The lowest BCUT2D eigenvalue weighted by Crippen LogP contribution is -2.49. The summed E-state index contributed by atoms with van der Waals surface area (Å²) in [5, 5.41) is 8.77. The van der Waals surface area contributed by atoms with E-state index >= 15 is 0 Å². The highest BCUT2D eigenvalue weighted by Gasteiger charge is 2.30. The summed E-state index contributed by atoms with van der Waals surface area (Å²) < 4.78 is 31.9. The van der Waals surface area contributed by atoms with Crippen LogP contribution in [0.15, 0.2) is 23.1 Å². The van der Waals surface area contributed by atoms with Gasteiger partial charge in [0.1, 0.15) is 5.75 Å². The Hall–Kier alpha value is -1.64. The van der Waals surface area contributed by atoms with Gasteiger partial charge in [-0.25, -0.2) is 8.42 Å². The van der Waals surface area contributed by atoms with Crippen LogP contribution >= 0.6 is 0 Å². The number of hydrogen-bond acceptors (Lipinski definition) is 5. The first-order chi connectivity index (χ1) is 10.3. The second-order valence-corrected chi connectivity index (χ2v) is 7.11. The molecule has 122 valence electrons. The van der Waals surface area contributed by atoms with Crippen LogP contribution in [-0.2, 0) is 14.8 Å². The fourth-order valence-electron chi connectivity index (χ4n) is 2.50. The molecule has 22 heavy (non-hydrogen) atoms. The van der Waals surface area contributed by atoms with E-state index < -0.39 is 16.0 Å². The summed E-state index contributed by atoms with van der Waals surface area (Å²) in [6, 6.07) is 4.86. The number of aryl methyl sites for hydroxylation is 1. The number of carboxylic acid groups (broad SMARTS) is 1. The second-order valence-electron chi connectivity index (χ2n) is 5.21. The van der Waals surface area contributed by atoms with Crippen LogP contribution in [0, 0.1) is 6.92 Å². The third-order valence-electron chi connectivity index (χ3n) is 3.69. The molecule has 0 amide bonds. The van der Waals surface area contributed by atoms with E-state index in [1.807, 2.05) is 0 Å². The van der Waals surface area contributed by atoms with Gasteiger partial charge in [0, 0.05) is 26.2 Å². The average molecular weight is 328 g/mol. The smallest absolute Gasteiger partial charge is 0.317 e. The van der Waals surface area contributed by atoms with Crippen molar-refractivity contribution in [3.8, 4) is 5.75 Å². The Kier molecular flexibility index (Phi) is 5.05. The van der Waals surface area contributed by atoms with Gasteiger partial charge in [0.25, 0.3) is 0 Å². The van der Waals surface area contributed by atoms with Gasteiger partial charge in [-0.1, -0.05) is 0 Å². The molecule has 1 N–H and O–H groups in total. The SMILES string of the molecule is COc1ccc(S(=O)(=O)N2CCN(CC(=O)O)CC2)c(C)c1. The highest BCUT2D eigenvalue weighted by molar-refractivity contribution is 7.89. The van der Waals surface area contributed by atoms with Crippen molar-refractivity contribution in [2.45, 2.75) is 11.8 Å². The molecular weight excluding hydrogens is 308 g/mol. The van der Waals surface area contributed by atoms with Gasteiger partial charge in [0.05, 0.1) is 18.6 Å². The van der Waals surface area contributed by atoms with Crippen molar-refractivity contribution in [3.63, 3.8) is 0 Å². The molecule has 1 aromatic rings. The summed E-state index contributed by atoms with van der Waals surface area (Å²) in [7, 11) is -2.03. The zero-order chi connectivity index (χ0) is 16.3. The van der Waals surface area contributed by atoms with Gasteiger partial charge >= 0.3 is 5.97 Å². The lowest BCUT2D eigenvalue weighted by Gasteiger charge is -2.33. The van der Waals surface area contributed by atoms with Crippen LogP contribution in [0.1, 0.15) is 5.56 Å². The maximum absolute atomic E-state index is 12.7. The van der Waals surface area contributed by atoms with Crippen LogP contribution in [0.4, 0.5) is 0 Å². The lowest BCUT2D eigenvalue weighted by molar-refractivity contribution is -0.138. The number of carboxylic acids is 1. The first kappa shape index (κ1) is 16.7. The van der Waals surface area contributed by atoms with Crippen molar-refractivity contribution in [2.75, 3.05) is 39.8 Å². The van der Waals surface area contributed by atoms with Crippen LogP contribution in [0.2, 0.25) is 0 Å². The molecule has 0 saturated carbocycles. The van der Waals surface area contributed by atoms with E-state index in [1.165, 1.54) is 11.4 Å². The minimum atomic E-state index is -3.57. The van der Waals surface area contributed by atoms with Gasteiger partial charge in [-0.3, -0.25) is 9.69 Å². The van der Waals surface area contributed by atoms with Gasteiger partial charge in [-0.2, -0.15) is 4.31 Å². The molecule has 1 fully saturated rings. The summed E-state index contributed by atoms with van der Waals surface area (Å²) in [4.78, 5) is 12.7. The molecule has 0 aromatic heterocycles. The van der Waals surface area contributed by atoms with Gasteiger partial charge in [0.15, 0.2) is 0 Å². The van der Waals surface area contributed by atoms with Crippen LogP contribution in [0.5, 0.6) is 5.75 Å². The maximum Gasteiger partial charge on any atom is 0.317 e. The Morgan fingerprint density at radius 2 is 1.91 bits per heavy atom. The molecule has 1 aliphatic heterocycles. The zero-order valence-electron chi connectivity index (χ0n) is 12.7. The normalized spacial score (nSPS) is 17.4. The lowest BCUT2D eigenvalue weighted by atomic mass is 10.2. The van der Waals surface area contributed by atoms with E-state index in [0.717, 1.165) is 0 Å². The predicted molar refractivity (Wildman–Crippen MR) is 80.6 cm³/mol. The largest absolute Gasteiger partial charge is 0.497 e. The number of rotatable bonds is 5.